The average Bonchev–Trinajstić information content (AvgIpc) is 3.24. The lowest BCUT2D eigenvalue weighted by atomic mass is 10.1. The molecule has 1 fully saturated rings. The van der Waals surface area contributed by atoms with Gasteiger partial charge in [0.05, 0.1) is 16.7 Å². The molecular formula is C26H27F3N8O. The van der Waals surface area contributed by atoms with Crippen molar-refractivity contribution in [3.05, 3.63) is 59.7 Å². The monoisotopic (exact) mass is 524 g/mol. The summed E-state index contributed by atoms with van der Waals surface area (Å²) < 4.78 is 37.5. The van der Waals surface area contributed by atoms with E-state index in [0.717, 1.165) is 39.4 Å². The summed E-state index contributed by atoms with van der Waals surface area (Å²) in [5.41, 5.74) is 5.36. The number of aromatic nitrogens is 5. The van der Waals surface area contributed by atoms with Crippen molar-refractivity contribution in [2.75, 3.05) is 31.5 Å². The van der Waals surface area contributed by atoms with Crippen LogP contribution >= 0.6 is 0 Å². The van der Waals surface area contributed by atoms with Gasteiger partial charge in [0, 0.05) is 50.2 Å². The van der Waals surface area contributed by atoms with E-state index in [2.05, 4.69) is 35.1 Å². The van der Waals surface area contributed by atoms with Gasteiger partial charge in [-0.2, -0.15) is 13.2 Å². The maximum atomic E-state index is 12.5. The zero-order valence-electron chi connectivity index (χ0n) is 21.0. The molecule has 4 heterocycles. The Morgan fingerprint density at radius 1 is 1.03 bits per heavy atom. The van der Waals surface area contributed by atoms with Crippen LogP contribution in [-0.2, 0) is 11.3 Å². The summed E-state index contributed by atoms with van der Waals surface area (Å²) in [6.07, 6.45) is -4.19. The number of aromatic amines is 1. The summed E-state index contributed by atoms with van der Waals surface area (Å²) in [7, 11) is 0. The summed E-state index contributed by atoms with van der Waals surface area (Å²) in [6.45, 7) is 5.97. The number of benzene rings is 1. The van der Waals surface area contributed by atoms with E-state index in [0.29, 0.717) is 31.4 Å². The van der Waals surface area contributed by atoms with Gasteiger partial charge in [-0.3, -0.25) is 9.69 Å². The number of H-pyrrole nitrogens is 1. The number of amides is 1. The van der Waals surface area contributed by atoms with Crippen molar-refractivity contribution in [1.82, 2.24) is 34.7 Å². The normalized spacial score (nSPS) is 14.7. The number of anilines is 2. The summed E-state index contributed by atoms with van der Waals surface area (Å²) in [6, 6.07) is 11.7. The number of fused-ring (bicyclic) bond motifs is 1. The lowest BCUT2D eigenvalue weighted by Gasteiger charge is -2.35. The smallest absolute Gasteiger partial charge is 0.340 e. The first-order chi connectivity index (χ1) is 18.1. The highest BCUT2D eigenvalue weighted by Gasteiger charge is 2.34. The topological polar surface area (TPSA) is 103 Å². The third kappa shape index (κ3) is 6.25. The quantitative estimate of drug-likeness (QED) is 0.386. The van der Waals surface area contributed by atoms with Gasteiger partial charge >= 0.3 is 6.18 Å². The van der Waals surface area contributed by atoms with Gasteiger partial charge in [-0.1, -0.05) is 6.07 Å². The molecule has 0 aliphatic carbocycles. The van der Waals surface area contributed by atoms with Crippen LogP contribution in [0.15, 0.2) is 42.6 Å². The molecule has 3 aromatic heterocycles. The summed E-state index contributed by atoms with van der Waals surface area (Å²) in [5.74, 6) is 1.01. The maximum Gasteiger partial charge on any atom is 0.397 e. The second kappa shape index (κ2) is 10.4. The fourth-order valence-electron chi connectivity index (χ4n) is 4.55. The summed E-state index contributed by atoms with van der Waals surface area (Å²) in [5, 5.41) is 3.21. The number of pyridine rings is 1. The van der Waals surface area contributed by atoms with Gasteiger partial charge in [-0.15, -0.1) is 0 Å². The van der Waals surface area contributed by atoms with Crippen molar-refractivity contribution in [2.24, 2.45) is 0 Å². The zero-order chi connectivity index (χ0) is 26.9. The molecular weight excluding hydrogens is 497 g/mol. The first-order valence-corrected chi connectivity index (χ1v) is 12.2. The molecule has 1 amide bonds. The molecule has 1 saturated heterocycles. The molecule has 12 heteroatoms. The van der Waals surface area contributed by atoms with Gasteiger partial charge in [0.15, 0.2) is 0 Å². The maximum absolute atomic E-state index is 12.5. The number of nitrogens with one attached hydrogen (secondary N) is 2. The molecule has 38 heavy (non-hydrogen) atoms. The molecule has 1 aliphatic rings. The van der Waals surface area contributed by atoms with E-state index in [-0.39, 0.29) is 13.1 Å². The van der Waals surface area contributed by atoms with E-state index in [1.165, 1.54) is 4.90 Å². The second-order valence-corrected chi connectivity index (χ2v) is 9.38. The highest BCUT2D eigenvalue weighted by atomic mass is 19.4. The van der Waals surface area contributed by atoms with Gasteiger partial charge in [-0.05, 0) is 49.7 Å². The van der Waals surface area contributed by atoms with Crippen LogP contribution in [0.25, 0.3) is 22.3 Å². The Bertz CT molecular complexity index is 1440. The fraction of sp³-hybridized carbons (Fsp3) is 0.346. The van der Waals surface area contributed by atoms with Crippen molar-refractivity contribution in [2.45, 2.75) is 33.0 Å². The van der Waals surface area contributed by atoms with Gasteiger partial charge < -0.3 is 15.2 Å². The van der Waals surface area contributed by atoms with Gasteiger partial charge in [0.2, 0.25) is 11.9 Å². The Hall–Kier alpha value is -4.06. The predicted molar refractivity (Wildman–Crippen MR) is 137 cm³/mol. The molecule has 0 saturated carbocycles. The van der Waals surface area contributed by atoms with Crippen molar-refractivity contribution in [1.29, 1.82) is 0 Å². The van der Waals surface area contributed by atoms with Crippen molar-refractivity contribution >= 4 is 28.7 Å². The first-order valence-electron chi connectivity index (χ1n) is 12.2. The number of halogens is 3. The molecule has 0 unspecified atom stereocenters. The number of carbonyl (C=O) groups is 1. The standard InChI is InChI=1S/C26H27F3N8O/c1-16-11-21(32-17(2)31-16)19-3-4-20-22(13-19)34-25(33-20)35-23-12-18(5-6-30-23)15-36-7-9-37(10-8-36)24(38)14-26(27,28)29/h3-6,11-13H,7-10,14-15H2,1-2H3,(H2,30,33,34,35). The Kier molecular flexibility index (Phi) is 6.98. The lowest BCUT2D eigenvalue weighted by molar-refractivity contribution is -0.162. The molecule has 198 valence electrons. The van der Waals surface area contributed by atoms with Gasteiger partial charge in [0.1, 0.15) is 18.1 Å². The van der Waals surface area contributed by atoms with Gasteiger partial charge in [0.25, 0.3) is 0 Å². The number of hydrogen-bond acceptors (Lipinski definition) is 7. The molecule has 0 radical (unpaired) electrons. The third-order valence-corrected chi connectivity index (χ3v) is 6.30. The first kappa shape index (κ1) is 25.6. The highest BCUT2D eigenvalue weighted by molar-refractivity contribution is 5.83. The number of hydrogen-bond donors (Lipinski definition) is 2. The predicted octanol–water partition coefficient (Wildman–Crippen LogP) is 4.37. The summed E-state index contributed by atoms with van der Waals surface area (Å²) >= 11 is 0. The van der Waals surface area contributed by atoms with Crippen LogP contribution in [0.2, 0.25) is 0 Å². The minimum Gasteiger partial charge on any atom is -0.340 e. The Morgan fingerprint density at radius 3 is 2.55 bits per heavy atom. The van der Waals surface area contributed by atoms with Crippen molar-refractivity contribution < 1.29 is 18.0 Å². The van der Waals surface area contributed by atoms with E-state index in [1.54, 1.807) is 6.20 Å². The van der Waals surface area contributed by atoms with Crippen LogP contribution in [0.1, 0.15) is 23.5 Å². The second-order valence-electron chi connectivity index (χ2n) is 9.38. The minimum absolute atomic E-state index is 0.278. The minimum atomic E-state index is -4.48. The molecule has 0 atom stereocenters. The number of piperazine rings is 1. The molecule has 9 nitrogen and oxygen atoms in total. The number of aryl methyl sites for hydroxylation is 2. The molecule has 1 aliphatic heterocycles. The molecule has 5 rings (SSSR count). The number of carbonyl (C=O) groups excluding carboxylic acids is 1. The van der Waals surface area contributed by atoms with E-state index in [9.17, 15) is 18.0 Å². The Labute approximate surface area is 217 Å². The van der Waals surface area contributed by atoms with E-state index < -0.39 is 18.5 Å². The van der Waals surface area contributed by atoms with Crippen LogP contribution in [0.4, 0.5) is 24.9 Å². The van der Waals surface area contributed by atoms with Crippen LogP contribution in [-0.4, -0.2) is 73.0 Å². The Morgan fingerprint density at radius 2 is 1.82 bits per heavy atom. The highest BCUT2D eigenvalue weighted by Crippen LogP contribution is 2.25. The number of rotatable bonds is 6. The van der Waals surface area contributed by atoms with Crippen LogP contribution in [0.3, 0.4) is 0 Å². The molecule has 0 spiro atoms. The van der Waals surface area contributed by atoms with Crippen LogP contribution in [0.5, 0.6) is 0 Å². The largest absolute Gasteiger partial charge is 0.397 e. The van der Waals surface area contributed by atoms with Crippen molar-refractivity contribution in [3.8, 4) is 11.3 Å². The third-order valence-electron chi connectivity index (χ3n) is 6.30. The van der Waals surface area contributed by atoms with Gasteiger partial charge in [-0.25, -0.2) is 19.9 Å². The molecule has 2 N–H and O–H groups in total. The SMILES string of the molecule is Cc1cc(-c2ccc3nc(Nc4cc(CN5CCN(C(=O)CC(F)(F)F)CC5)ccn4)[nH]c3c2)nc(C)n1. The number of alkyl halides is 3. The zero-order valence-corrected chi connectivity index (χ0v) is 21.0. The number of imidazole rings is 1. The van der Waals surface area contributed by atoms with Crippen LogP contribution in [0, 0.1) is 13.8 Å². The van der Waals surface area contributed by atoms with E-state index in [1.807, 2.05) is 50.2 Å². The van der Waals surface area contributed by atoms with Crippen LogP contribution < -0.4 is 5.32 Å². The lowest BCUT2D eigenvalue weighted by Crippen LogP contribution is -2.49. The molecule has 0 bridgehead atoms. The number of nitrogens with zero attached hydrogens (tertiary/aromatic N) is 6. The Balaban J connectivity index is 1.22. The fourth-order valence-corrected chi connectivity index (χ4v) is 4.55. The van der Waals surface area contributed by atoms with E-state index in [4.69, 9.17) is 0 Å². The molecule has 1 aromatic carbocycles. The van der Waals surface area contributed by atoms with E-state index >= 15 is 0 Å². The van der Waals surface area contributed by atoms with Crippen molar-refractivity contribution in [3.63, 3.8) is 0 Å². The average molecular weight is 525 g/mol. The summed E-state index contributed by atoms with van der Waals surface area (Å²) in [4.78, 5) is 36.4. The molecule has 4 aromatic rings.